The van der Waals surface area contributed by atoms with E-state index in [9.17, 15) is 9.59 Å². The number of hydrogen-bond donors (Lipinski definition) is 0. The highest BCUT2D eigenvalue weighted by Crippen LogP contribution is 2.02. The molecule has 0 atom stereocenters. The lowest BCUT2D eigenvalue weighted by molar-refractivity contribution is -0.122. The molecule has 2 heterocycles. The second-order valence-corrected chi connectivity index (χ2v) is 6.30. The fourth-order valence-corrected chi connectivity index (χ4v) is 2.05. The van der Waals surface area contributed by atoms with Gasteiger partial charge >= 0.3 is 0 Å². The van der Waals surface area contributed by atoms with Crippen molar-refractivity contribution in [3.63, 3.8) is 0 Å². The average molecular weight is 393 g/mol. The van der Waals surface area contributed by atoms with Crippen LogP contribution < -0.4 is 0 Å². The maximum atomic E-state index is 11.3. The number of rotatable bonds is 7. The first kappa shape index (κ1) is 28.0. The molecule has 2 rings (SSSR count). The maximum absolute atomic E-state index is 11.3. The summed E-state index contributed by atoms with van der Waals surface area (Å²) in [5, 5.41) is 8.11. The molecule has 2 aromatic rings. The number of aryl methyl sites for hydroxylation is 4. The van der Waals surface area contributed by atoms with Gasteiger partial charge in [0.05, 0.1) is 6.20 Å². The van der Waals surface area contributed by atoms with Gasteiger partial charge in [0.1, 0.15) is 11.6 Å². The fourth-order valence-electron chi connectivity index (χ4n) is 2.05. The van der Waals surface area contributed by atoms with Gasteiger partial charge < -0.3 is 4.79 Å². The molecule has 0 aliphatic heterocycles. The van der Waals surface area contributed by atoms with Crippen molar-refractivity contribution in [1.29, 1.82) is 0 Å². The van der Waals surface area contributed by atoms with E-state index in [2.05, 4.69) is 10.2 Å². The van der Waals surface area contributed by atoms with E-state index in [0.29, 0.717) is 25.2 Å². The van der Waals surface area contributed by atoms with Crippen LogP contribution in [-0.2, 0) is 29.6 Å². The quantitative estimate of drug-likeness (QED) is 0.678. The van der Waals surface area contributed by atoms with Crippen molar-refractivity contribution in [2.24, 2.45) is 13.0 Å². The highest BCUT2D eigenvalue weighted by molar-refractivity contribution is 5.80. The van der Waals surface area contributed by atoms with Crippen LogP contribution in [0, 0.1) is 12.8 Å². The van der Waals surface area contributed by atoms with Crippen LogP contribution in [-0.4, -0.2) is 31.1 Å². The lowest BCUT2D eigenvalue weighted by Crippen LogP contribution is -2.11. The number of carbonyl (C=O) groups is 2. The maximum Gasteiger partial charge on any atom is 0.137 e. The minimum absolute atomic E-state index is 0.136. The second-order valence-electron chi connectivity index (χ2n) is 6.30. The van der Waals surface area contributed by atoms with E-state index in [1.54, 1.807) is 24.0 Å². The number of Topliss-reactive ketones (excluding diaryl/α,β-unsaturated/α-hetero) is 2. The summed E-state index contributed by atoms with van der Waals surface area (Å²) in [5.41, 5.74) is 2.25. The fraction of sp³-hybridized carbons (Fsp3) is 0.636. The second kappa shape index (κ2) is 16.9. The van der Waals surface area contributed by atoms with E-state index in [1.165, 1.54) is 0 Å². The van der Waals surface area contributed by atoms with E-state index in [-0.39, 0.29) is 11.7 Å². The number of aromatic nitrogens is 4. The molecule has 0 aliphatic carbocycles. The molecule has 0 radical (unpaired) electrons. The lowest BCUT2D eigenvalue weighted by atomic mass is 10.1. The van der Waals surface area contributed by atoms with E-state index in [0.717, 1.165) is 17.7 Å². The molecule has 28 heavy (non-hydrogen) atoms. The van der Waals surface area contributed by atoms with E-state index in [1.807, 2.05) is 72.5 Å². The zero-order valence-electron chi connectivity index (χ0n) is 19.3. The van der Waals surface area contributed by atoms with Gasteiger partial charge in [0.25, 0.3) is 0 Å². The topological polar surface area (TPSA) is 69.8 Å². The van der Waals surface area contributed by atoms with Crippen LogP contribution in [0.3, 0.4) is 0 Å². The molecule has 0 bridgehead atoms. The van der Waals surface area contributed by atoms with Crippen LogP contribution in [0.4, 0.5) is 0 Å². The Balaban J connectivity index is 0. The van der Waals surface area contributed by atoms with Gasteiger partial charge in [-0.25, -0.2) is 0 Å². The van der Waals surface area contributed by atoms with Crippen LogP contribution in [0.2, 0.25) is 0 Å². The summed E-state index contributed by atoms with van der Waals surface area (Å²) in [6, 6.07) is 1.93. The average Bonchev–Trinajstić information content (AvgIpc) is 3.29. The summed E-state index contributed by atoms with van der Waals surface area (Å²) in [6.07, 6.45) is 7.49. The third kappa shape index (κ3) is 13.0. The zero-order chi connectivity index (χ0) is 22.1. The molecule has 6 heteroatoms. The molecule has 0 fully saturated rings. The Bertz CT molecular complexity index is 657. The summed E-state index contributed by atoms with van der Waals surface area (Å²) in [6.45, 7) is 16.2. The van der Waals surface area contributed by atoms with Crippen LogP contribution in [0.5, 0.6) is 0 Å². The summed E-state index contributed by atoms with van der Waals surface area (Å²) in [4.78, 5) is 21.9. The molecule has 0 aliphatic rings. The third-order valence-corrected chi connectivity index (χ3v) is 3.65. The van der Waals surface area contributed by atoms with Crippen molar-refractivity contribution in [2.45, 2.75) is 81.2 Å². The number of hydrogen-bond acceptors (Lipinski definition) is 4. The van der Waals surface area contributed by atoms with Gasteiger partial charge in [-0.15, -0.1) is 0 Å². The monoisotopic (exact) mass is 392 g/mol. The summed E-state index contributed by atoms with van der Waals surface area (Å²) in [7, 11) is 1.88. The first-order valence-electron chi connectivity index (χ1n) is 10.3. The first-order valence-corrected chi connectivity index (χ1v) is 10.3. The Morgan fingerprint density at radius 1 is 1.07 bits per heavy atom. The van der Waals surface area contributed by atoms with Crippen LogP contribution >= 0.6 is 0 Å². The normalized spacial score (nSPS) is 9.36. The van der Waals surface area contributed by atoms with E-state index in [4.69, 9.17) is 0 Å². The van der Waals surface area contributed by atoms with E-state index >= 15 is 0 Å². The Morgan fingerprint density at radius 3 is 2.07 bits per heavy atom. The largest absolute Gasteiger partial charge is 0.300 e. The van der Waals surface area contributed by atoms with Crippen molar-refractivity contribution in [2.75, 3.05) is 0 Å². The molecule has 160 valence electrons. The molecule has 0 aromatic carbocycles. The Kier molecular flexibility index (Phi) is 16.9. The zero-order valence-corrected chi connectivity index (χ0v) is 19.3. The minimum Gasteiger partial charge on any atom is -0.300 e. The Morgan fingerprint density at radius 2 is 1.68 bits per heavy atom. The molecule has 0 spiro atoms. The van der Waals surface area contributed by atoms with Crippen molar-refractivity contribution in [1.82, 2.24) is 19.6 Å². The van der Waals surface area contributed by atoms with Crippen molar-refractivity contribution >= 4 is 11.6 Å². The molecule has 0 amide bonds. The van der Waals surface area contributed by atoms with Gasteiger partial charge in [-0.2, -0.15) is 10.2 Å². The Hall–Kier alpha value is -2.24. The molecule has 2 aromatic heterocycles. The lowest BCUT2D eigenvalue weighted by Gasteiger charge is -2.03. The predicted molar refractivity (Wildman–Crippen MR) is 116 cm³/mol. The summed E-state index contributed by atoms with van der Waals surface area (Å²) >= 11 is 0. The third-order valence-electron chi connectivity index (χ3n) is 3.65. The standard InChI is InChI=1S/C10H16N2O.C8H12N2O.2C2H6/c1-8(2)10(13)4-5-12-7-9(3)6-11-12;1-7(11)3-4-8-5-6-9-10(8)2;2*1-2/h6-8H,4-5H2,1-3H3;5-6H,3-4H2,1-2H3;2*1-2H3. The molecular weight excluding hydrogens is 352 g/mol. The molecular formula is C22H40N4O2. The van der Waals surface area contributed by atoms with Crippen LogP contribution in [0.15, 0.2) is 24.7 Å². The van der Waals surface area contributed by atoms with Crippen molar-refractivity contribution in [3.8, 4) is 0 Å². The highest BCUT2D eigenvalue weighted by Gasteiger charge is 2.06. The van der Waals surface area contributed by atoms with Gasteiger partial charge in [0.15, 0.2) is 0 Å². The van der Waals surface area contributed by atoms with Crippen LogP contribution in [0.1, 0.15) is 72.6 Å². The SMILES string of the molecule is CC.CC.CC(=O)CCc1ccnn1C.Cc1cnn(CCC(=O)C(C)C)c1. The van der Waals surface area contributed by atoms with E-state index < -0.39 is 0 Å². The highest BCUT2D eigenvalue weighted by atomic mass is 16.1. The number of nitrogens with zero attached hydrogens (tertiary/aromatic N) is 4. The molecule has 0 saturated carbocycles. The van der Waals surface area contributed by atoms with Gasteiger partial charge in [0, 0.05) is 50.4 Å². The van der Waals surface area contributed by atoms with Gasteiger partial charge in [-0.1, -0.05) is 41.5 Å². The van der Waals surface area contributed by atoms with Gasteiger partial charge in [0.2, 0.25) is 0 Å². The summed E-state index contributed by atoms with van der Waals surface area (Å²) < 4.78 is 3.61. The molecule has 0 unspecified atom stereocenters. The molecule has 0 saturated heterocycles. The number of carbonyl (C=O) groups excluding carboxylic acids is 2. The molecule has 0 N–H and O–H groups in total. The van der Waals surface area contributed by atoms with Crippen molar-refractivity contribution < 1.29 is 9.59 Å². The van der Waals surface area contributed by atoms with Crippen molar-refractivity contribution in [3.05, 3.63) is 35.9 Å². The van der Waals surface area contributed by atoms with Gasteiger partial charge in [-0.05, 0) is 31.9 Å². The predicted octanol–water partition coefficient (Wildman–Crippen LogP) is 4.80. The molecule has 6 nitrogen and oxygen atoms in total. The number of ketones is 2. The minimum atomic E-state index is 0.136. The Labute approximate surface area is 171 Å². The smallest absolute Gasteiger partial charge is 0.137 e. The summed E-state index contributed by atoms with van der Waals surface area (Å²) in [5.74, 6) is 0.663. The van der Waals surface area contributed by atoms with Crippen LogP contribution in [0.25, 0.3) is 0 Å². The van der Waals surface area contributed by atoms with Gasteiger partial charge in [-0.3, -0.25) is 14.2 Å². The first-order chi connectivity index (χ1) is 13.3.